The lowest BCUT2D eigenvalue weighted by atomic mass is 9.98. The summed E-state index contributed by atoms with van der Waals surface area (Å²) in [5.74, 6) is 0. The van der Waals surface area contributed by atoms with Gasteiger partial charge in [-0.2, -0.15) is 0 Å². The number of nitrogens with zero attached hydrogens (tertiary/aromatic N) is 2. The van der Waals surface area contributed by atoms with Gasteiger partial charge in [0.25, 0.3) is 5.56 Å². The summed E-state index contributed by atoms with van der Waals surface area (Å²) in [4.78, 5) is 20.8. The summed E-state index contributed by atoms with van der Waals surface area (Å²) < 4.78 is 0. The molecule has 0 saturated heterocycles. The average molecular weight is 241 g/mol. The molecule has 0 atom stereocenters. The predicted molar refractivity (Wildman–Crippen MR) is 72.5 cm³/mol. The van der Waals surface area contributed by atoms with Gasteiger partial charge in [0.15, 0.2) is 0 Å². The second-order valence-corrected chi connectivity index (χ2v) is 4.71. The van der Waals surface area contributed by atoms with Gasteiger partial charge in [-0.1, -0.05) is 12.1 Å². The minimum Gasteiger partial charge on any atom is -0.313 e. The van der Waals surface area contributed by atoms with Gasteiger partial charge in [0, 0.05) is 13.1 Å². The number of aromatic nitrogens is 2. The predicted octanol–water partition coefficient (Wildman–Crippen LogP) is 1.64. The van der Waals surface area contributed by atoms with Crippen LogP contribution < -0.4 is 5.56 Å². The van der Waals surface area contributed by atoms with Crippen LogP contribution in [0.25, 0.3) is 16.5 Å². The van der Waals surface area contributed by atoms with Crippen LogP contribution in [0.2, 0.25) is 0 Å². The largest absolute Gasteiger partial charge is 0.313 e. The van der Waals surface area contributed by atoms with E-state index in [0.717, 1.165) is 30.6 Å². The van der Waals surface area contributed by atoms with Crippen molar-refractivity contribution >= 4 is 16.5 Å². The number of rotatable bonds is 1. The molecule has 0 radical (unpaired) electrons. The van der Waals surface area contributed by atoms with Crippen LogP contribution in [0.3, 0.4) is 0 Å². The fraction of sp³-hybridized carbons (Fsp3) is 0.286. The van der Waals surface area contributed by atoms with E-state index in [1.807, 2.05) is 18.2 Å². The summed E-state index contributed by atoms with van der Waals surface area (Å²) in [7, 11) is 2.11. The highest BCUT2D eigenvalue weighted by Gasteiger charge is 2.10. The molecule has 92 valence electrons. The van der Waals surface area contributed by atoms with Crippen LogP contribution in [0, 0.1) is 0 Å². The van der Waals surface area contributed by atoms with Gasteiger partial charge in [-0.05, 0) is 36.7 Å². The first-order valence-corrected chi connectivity index (χ1v) is 6.09. The fourth-order valence-corrected chi connectivity index (χ4v) is 2.30. The molecule has 0 fully saturated rings. The number of hydrogen-bond donors (Lipinski definition) is 1. The Morgan fingerprint density at radius 3 is 3.06 bits per heavy atom. The van der Waals surface area contributed by atoms with Crippen molar-refractivity contribution in [2.24, 2.45) is 0 Å². The van der Waals surface area contributed by atoms with Gasteiger partial charge in [0.1, 0.15) is 0 Å². The van der Waals surface area contributed by atoms with Gasteiger partial charge >= 0.3 is 0 Å². The molecule has 18 heavy (non-hydrogen) atoms. The van der Waals surface area contributed by atoms with Crippen molar-refractivity contribution in [3.8, 4) is 0 Å². The van der Waals surface area contributed by atoms with Gasteiger partial charge in [-0.15, -0.1) is 0 Å². The van der Waals surface area contributed by atoms with E-state index < -0.39 is 0 Å². The molecule has 2 heterocycles. The zero-order chi connectivity index (χ0) is 12.5. The van der Waals surface area contributed by atoms with E-state index in [4.69, 9.17) is 0 Å². The Morgan fingerprint density at radius 2 is 2.28 bits per heavy atom. The Kier molecular flexibility index (Phi) is 2.72. The molecule has 0 spiro atoms. The van der Waals surface area contributed by atoms with Crippen molar-refractivity contribution in [2.75, 3.05) is 20.1 Å². The zero-order valence-corrected chi connectivity index (χ0v) is 10.3. The highest BCUT2D eigenvalue weighted by Crippen LogP contribution is 2.23. The number of H-pyrrole nitrogens is 1. The number of benzene rings is 1. The van der Waals surface area contributed by atoms with Crippen molar-refractivity contribution in [1.29, 1.82) is 0 Å². The van der Waals surface area contributed by atoms with Crippen LogP contribution >= 0.6 is 0 Å². The molecule has 1 aromatic heterocycles. The topological polar surface area (TPSA) is 49.0 Å². The maximum Gasteiger partial charge on any atom is 0.258 e. The Labute approximate surface area is 105 Å². The smallest absolute Gasteiger partial charge is 0.258 e. The third-order valence-corrected chi connectivity index (χ3v) is 3.42. The molecule has 0 unspecified atom stereocenters. The third-order valence-electron chi connectivity index (χ3n) is 3.42. The van der Waals surface area contributed by atoms with Gasteiger partial charge in [-0.3, -0.25) is 4.79 Å². The summed E-state index contributed by atoms with van der Waals surface area (Å²) in [6.45, 7) is 2.03. The number of fused-ring (bicyclic) bond motifs is 1. The third kappa shape index (κ3) is 1.95. The van der Waals surface area contributed by atoms with Crippen LogP contribution in [0.4, 0.5) is 0 Å². The van der Waals surface area contributed by atoms with Gasteiger partial charge < -0.3 is 9.88 Å². The summed E-state index contributed by atoms with van der Waals surface area (Å²) in [5.41, 5.74) is 3.12. The van der Waals surface area contributed by atoms with Crippen LogP contribution in [0.1, 0.15) is 12.0 Å². The Bertz CT molecular complexity index is 672. The van der Waals surface area contributed by atoms with Crippen LogP contribution in [-0.4, -0.2) is 35.0 Å². The molecular weight excluding hydrogens is 226 g/mol. The average Bonchev–Trinajstić information content (AvgIpc) is 2.40. The van der Waals surface area contributed by atoms with E-state index in [-0.39, 0.29) is 5.56 Å². The monoisotopic (exact) mass is 241 g/mol. The van der Waals surface area contributed by atoms with Crippen LogP contribution in [0.5, 0.6) is 0 Å². The quantitative estimate of drug-likeness (QED) is 0.825. The normalized spacial score (nSPS) is 16.8. The molecule has 1 aliphatic heterocycles. The van der Waals surface area contributed by atoms with Crippen LogP contribution in [-0.2, 0) is 0 Å². The molecule has 4 nitrogen and oxygen atoms in total. The summed E-state index contributed by atoms with van der Waals surface area (Å²) >= 11 is 0. The number of likely N-dealkylation sites (N-methyl/N-ethyl adjacent to an activating group) is 1. The molecule has 4 heteroatoms. The van der Waals surface area contributed by atoms with Crippen molar-refractivity contribution in [2.45, 2.75) is 6.42 Å². The minimum atomic E-state index is -0.0737. The first kappa shape index (κ1) is 11.2. The SMILES string of the molecule is CN1CC=C(c2ccc3nc[nH]c(=O)c3c2)CC1. The van der Waals surface area contributed by atoms with Crippen molar-refractivity contribution in [3.05, 3.63) is 46.5 Å². The highest BCUT2D eigenvalue weighted by atomic mass is 16.1. The fourth-order valence-electron chi connectivity index (χ4n) is 2.30. The number of aromatic amines is 1. The lowest BCUT2D eigenvalue weighted by Gasteiger charge is -2.22. The van der Waals surface area contributed by atoms with E-state index >= 15 is 0 Å². The molecule has 2 aromatic rings. The molecular formula is C14H15N3O. The zero-order valence-electron chi connectivity index (χ0n) is 10.3. The summed E-state index contributed by atoms with van der Waals surface area (Å²) in [5, 5.41) is 0.662. The van der Waals surface area contributed by atoms with E-state index in [1.54, 1.807) is 0 Å². The molecule has 0 amide bonds. The lowest BCUT2D eigenvalue weighted by Crippen LogP contribution is -2.23. The molecule has 1 aromatic carbocycles. The second kappa shape index (κ2) is 4.38. The lowest BCUT2D eigenvalue weighted by molar-refractivity contribution is 0.370. The molecule has 1 N–H and O–H groups in total. The standard InChI is InChI=1S/C14H15N3O/c1-17-6-4-10(5-7-17)11-2-3-13-12(8-11)14(18)16-9-15-13/h2-4,8-9H,5-7H2,1H3,(H,15,16,18). The molecule has 0 aliphatic carbocycles. The Hall–Kier alpha value is -1.94. The Morgan fingerprint density at radius 1 is 1.39 bits per heavy atom. The van der Waals surface area contributed by atoms with E-state index in [9.17, 15) is 4.79 Å². The van der Waals surface area contributed by atoms with Crippen molar-refractivity contribution in [3.63, 3.8) is 0 Å². The van der Waals surface area contributed by atoms with Crippen molar-refractivity contribution < 1.29 is 0 Å². The maximum atomic E-state index is 11.7. The number of nitrogens with one attached hydrogen (secondary N) is 1. The maximum absolute atomic E-state index is 11.7. The molecule has 1 aliphatic rings. The molecule has 0 bridgehead atoms. The van der Waals surface area contributed by atoms with Crippen LogP contribution in [0.15, 0.2) is 35.4 Å². The van der Waals surface area contributed by atoms with Gasteiger partial charge in [0.2, 0.25) is 0 Å². The summed E-state index contributed by atoms with van der Waals surface area (Å²) in [6, 6.07) is 5.91. The second-order valence-electron chi connectivity index (χ2n) is 4.71. The Balaban J connectivity index is 2.09. The van der Waals surface area contributed by atoms with E-state index in [0.29, 0.717) is 5.39 Å². The van der Waals surface area contributed by atoms with Gasteiger partial charge in [-0.25, -0.2) is 4.98 Å². The first-order chi connectivity index (χ1) is 8.74. The molecule has 0 saturated carbocycles. The number of hydrogen-bond acceptors (Lipinski definition) is 3. The van der Waals surface area contributed by atoms with Gasteiger partial charge in [0.05, 0.1) is 17.2 Å². The highest BCUT2D eigenvalue weighted by molar-refractivity contribution is 5.82. The molecule has 3 rings (SSSR count). The van der Waals surface area contributed by atoms with Crippen molar-refractivity contribution in [1.82, 2.24) is 14.9 Å². The van der Waals surface area contributed by atoms with E-state index in [2.05, 4.69) is 28.0 Å². The minimum absolute atomic E-state index is 0.0737. The summed E-state index contributed by atoms with van der Waals surface area (Å²) in [6.07, 6.45) is 4.70. The van der Waals surface area contributed by atoms with E-state index in [1.165, 1.54) is 11.9 Å². The first-order valence-electron chi connectivity index (χ1n) is 6.09.